The molecule has 0 aliphatic carbocycles. The zero-order chi connectivity index (χ0) is 13.4. The van der Waals surface area contributed by atoms with Crippen LogP contribution < -0.4 is 22.9 Å². The number of hydrogen-bond donors (Lipinski definition) is 1. The molecule has 4 nitrogen and oxygen atoms in total. The molecule has 108 valence electrons. The normalized spacial score (nSPS) is 22.5. The first-order valence-electron chi connectivity index (χ1n) is 6.96. The van der Waals surface area contributed by atoms with Crippen LogP contribution in [0.4, 0.5) is 0 Å². The quantitative estimate of drug-likeness (QED) is 0.635. The zero-order valence-corrected chi connectivity index (χ0v) is 12.7. The van der Waals surface area contributed by atoms with Gasteiger partial charge in [0.15, 0.2) is 0 Å². The summed E-state index contributed by atoms with van der Waals surface area (Å²) in [7, 11) is 2.21. The summed E-state index contributed by atoms with van der Waals surface area (Å²) in [6.45, 7) is 4.22. The van der Waals surface area contributed by atoms with Crippen LogP contribution in [-0.4, -0.2) is 29.9 Å². The molecule has 1 saturated heterocycles. The van der Waals surface area contributed by atoms with Gasteiger partial charge < -0.3 is 17.3 Å². The van der Waals surface area contributed by atoms with Gasteiger partial charge in [0.25, 0.3) is 5.56 Å². The Morgan fingerprint density at radius 1 is 1.20 bits per heavy atom. The van der Waals surface area contributed by atoms with Gasteiger partial charge in [-0.2, -0.15) is 5.10 Å². The predicted octanol–water partition coefficient (Wildman–Crippen LogP) is -2.44. The first kappa shape index (κ1) is 15.0. The SMILES string of the molecule is Cc1nn(C2CC[NH+](C)CC2)c(=O)c2ccccc12.[Cl-]. The van der Waals surface area contributed by atoms with Crippen molar-refractivity contribution < 1.29 is 17.3 Å². The van der Waals surface area contributed by atoms with Crippen LogP contribution in [0.5, 0.6) is 0 Å². The highest BCUT2D eigenvalue weighted by molar-refractivity contribution is 5.83. The monoisotopic (exact) mass is 293 g/mol. The van der Waals surface area contributed by atoms with Crippen molar-refractivity contribution in [2.24, 2.45) is 0 Å². The lowest BCUT2D eigenvalue weighted by atomic mass is 10.1. The number of nitrogens with zero attached hydrogens (tertiary/aromatic N) is 2. The minimum absolute atomic E-state index is 0. The van der Waals surface area contributed by atoms with Gasteiger partial charge in [-0.15, -0.1) is 0 Å². The fourth-order valence-corrected chi connectivity index (χ4v) is 2.96. The van der Waals surface area contributed by atoms with Crippen molar-refractivity contribution in [1.29, 1.82) is 0 Å². The van der Waals surface area contributed by atoms with Gasteiger partial charge in [-0.1, -0.05) is 18.2 Å². The summed E-state index contributed by atoms with van der Waals surface area (Å²) in [5.74, 6) is 0. The summed E-state index contributed by atoms with van der Waals surface area (Å²) < 4.78 is 1.73. The average molecular weight is 294 g/mol. The van der Waals surface area contributed by atoms with Crippen molar-refractivity contribution in [1.82, 2.24) is 9.78 Å². The van der Waals surface area contributed by atoms with E-state index >= 15 is 0 Å². The molecule has 2 heterocycles. The fraction of sp³-hybridized carbons (Fsp3) is 0.467. The first-order valence-corrected chi connectivity index (χ1v) is 6.96. The second kappa shape index (κ2) is 5.94. The van der Waals surface area contributed by atoms with E-state index in [2.05, 4.69) is 12.1 Å². The van der Waals surface area contributed by atoms with E-state index in [9.17, 15) is 4.79 Å². The predicted molar refractivity (Wildman–Crippen MR) is 75.6 cm³/mol. The summed E-state index contributed by atoms with van der Waals surface area (Å²) >= 11 is 0. The third-order valence-electron chi connectivity index (χ3n) is 4.17. The van der Waals surface area contributed by atoms with Gasteiger partial charge in [-0.05, 0) is 13.0 Å². The summed E-state index contributed by atoms with van der Waals surface area (Å²) in [6.07, 6.45) is 2.08. The number of piperidine rings is 1. The van der Waals surface area contributed by atoms with E-state index in [1.807, 2.05) is 31.2 Å². The minimum Gasteiger partial charge on any atom is -1.00 e. The Kier molecular flexibility index (Phi) is 4.45. The molecule has 0 radical (unpaired) electrons. The van der Waals surface area contributed by atoms with Crippen molar-refractivity contribution in [3.05, 3.63) is 40.3 Å². The second-order valence-electron chi connectivity index (χ2n) is 5.57. The Bertz CT molecular complexity index is 660. The molecule has 0 atom stereocenters. The van der Waals surface area contributed by atoms with Gasteiger partial charge in [-0.3, -0.25) is 4.79 Å². The number of benzene rings is 1. The van der Waals surface area contributed by atoms with Crippen LogP contribution in [0, 0.1) is 6.92 Å². The number of aryl methyl sites for hydroxylation is 1. The summed E-state index contributed by atoms with van der Waals surface area (Å²) in [5, 5.41) is 6.31. The van der Waals surface area contributed by atoms with Crippen LogP contribution in [0.3, 0.4) is 0 Å². The Morgan fingerprint density at radius 2 is 1.80 bits per heavy atom. The molecule has 0 spiro atoms. The molecule has 1 aliphatic rings. The van der Waals surface area contributed by atoms with Crippen molar-refractivity contribution in [3.63, 3.8) is 0 Å². The molecule has 1 aromatic heterocycles. The molecule has 0 bridgehead atoms. The number of aromatic nitrogens is 2. The van der Waals surface area contributed by atoms with Crippen LogP contribution in [-0.2, 0) is 0 Å². The molecule has 2 aromatic rings. The summed E-state index contributed by atoms with van der Waals surface area (Å²) in [6, 6.07) is 8.02. The number of halogens is 1. The number of rotatable bonds is 1. The topological polar surface area (TPSA) is 39.3 Å². The van der Waals surface area contributed by atoms with E-state index in [1.54, 1.807) is 9.58 Å². The molecule has 0 saturated carbocycles. The van der Waals surface area contributed by atoms with E-state index in [0.29, 0.717) is 0 Å². The fourth-order valence-electron chi connectivity index (χ4n) is 2.96. The molecular formula is C15H20ClN3O. The highest BCUT2D eigenvalue weighted by atomic mass is 35.5. The number of hydrogen-bond acceptors (Lipinski definition) is 2. The van der Waals surface area contributed by atoms with E-state index in [0.717, 1.165) is 42.4 Å². The number of likely N-dealkylation sites (tertiary alicyclic amines) is 1. The van der Waals surface area contributed by atoms with E-state index in [-0.39, 0.29) is 24.0 Å². The molecule has 1 aliphatic heterocycles. The molecule has 20 heavy (non-hydrogen) atoms. The molecule has 3 rings (SSSR count). The molecule has 0 unspecified atom stereocenters. The zero-order valence-electron chi connectivity index (χ0n) is 11.9. The highest BCUT2D eigenvalue weighted by Crippen LogP contribution is 2.17. The molecule has 1 fully saturated rings. The maximum atomic E-state index is 12.6. The minimum atomic E-state index is 0. The Hall–Kier alpha value is -1.39. The lowest BCUT2D eigenvalue weighted by Gasteiger charge is -2.27. The van der Waals surface area contributed by atoms with Crippen LogP contribution in [0.25, 0.3) is 10.8 Å². The van der Waals surface area contributed by atoms with Gasteiger partial charge in [0.2, 0.25) is 0 Å². The van der Waals surface area contributed by atoms with Gasteiger partial charge in [-0.25, -0.2) is 4.68 Å². The Labute approximate surface area is 124 Å². The van der Waals surface area contributed by atoms with Crippen LogP contribution in [0.2, 0.25) is 0 Å². The molecular weight excluding hydrogens is 274 g/mol. The number of quaternary nitrogens is 1. The third-order valence-corrected chi connectivity index (χ3v) is 4.17. The van der Waals surface area contributed by atoms with Crippen LogP contribution in [0.1, 0.15) is 24.6 Å². The second-order valence-corrected chi connectivity index (χ2v) is 5.57. The molecule has 5 heteroatoms. The van der Waals surface area contributed by atoms with Crippen molar-refractivity contribution in [2.45, 2.75) is 25.8 Å². The maximum absolute atomic E-state index is 12.6. The lowest BCUT2D eigenvalue weighted by molar-refractivity contribution is -0.885. The van der Waals surface area contributed by atoms with Gasteiger partial charge in [0, 0.05) is 18.2 Å². The lowest BCUT2D eigenvalue weighted by Crippen LogP contribution is -3.10. The number of nitrogens with one attached hydrogen (secondary N) is 1. The van der Waals surface area contributed by atoms with Crippen molar-refractivity contribution >= 4 is 10.8 Å². The first-order chi connectivity index (χ1) is 9.16. The average Bonchev–Trinajstić information content (AvgIpc) is 2.44. The third kappa shape index (κ3) is 2.58. The Morgan fingerprint density at radius 3 is 2.45 bits per heavy atom. The standard InChI is InChI=1S/C15H19N3O.ClH/c1-11-13-5-3-4-6-14(13)15(19)18(16-11)12-7-9-17(2)10-8-12;/h3-6,12H,7-10H2,1-2H3;1H. The van der Waals surface area contributed by atoms with Crippen LogP contribution in [0.15, 0.2) is 29.1 Å². The molecule has 1 aromatic carbocycles. The summed E-state index contributed by atoms with van der Waals surface area (Å²) in [5.41, 5.74) is 1.01. The molecule has 1 N–H and O–H groups in total. The smallest absolute Gasteiger partial charge is 0.274 e. The van der Waals surface area contributed by atoms with Gasteiger partial charge in [0.05, 0.1) is 37.3 Å². The van der Waals surface area contributed by atoms with E-state index < -0.39 is 0 Å². The van der Waals surface area contributed by atoms with Crippen LogP contribution >= 0.6 is 0 Å². The maximum Gasteiger partial charge on any atom is 0.274 e. The van der Waals surface area contributed by atoms with Crippen molar-refractivity contribution in [2.75, 3.05) is 20.1 Å². The van der Waals surface area contributed by atoms with Gasteiger partial charge in [0.1, 0.15) is 0 Å². The summed E-state index contributed by atoms with van der Waals surface area (Å²) in [4.78, 5) is 14.1. The molecule has 0 amide bonds. The largest absolute Gasteiger partial charge is 1.00 e. The van der Waals surface area contributed by atoms with Crippen molar-refractivity contribution in [3.8, 4) is 0 Å². The van der Waals surface area contributed by atoms with E-state index in [1.165, 1.54) is 0 Å². The van der Waals surface area contributed by atoms with E-state index in [4.69, 9.17) is 0 Å². The Balaban J connectivity index is 0.00000147. The number of fused-ring (bicyclic) bond motifs is 1. The highest BCUT2D eigenvalue weighted by Gasteiger charge is 2.23. The van der Waals surface area contributed by atoms with Gasteiger partial charge >= 0.3 is 0 Å².